The zero-order valence-electron chi connectivity index (χ0n) is 52.9. The van der Waals surface area contributed by atoms with Gasteiger partial charge in [-0.2, -0.15) is 17.6 Å². The first-order chi connectivity index (χ1) is 42.8. The summed E-state index contributed by atoms with van der Waals surface area (Å²) in [6.45, 7) is 30.8. The van der Waals surface area contributed by atoms with Gasteiger partial charge in [0.15, 0.2) is 34.8 Å². The predicted octanol–water partition coefficient (Wildman–Crippen LogP) is 21.5. The SMILES string of the molecule is C=CCOc1c(F)c(F)c(N=Cc2cc(C(C)(C)c3ccccc3)cc(C(C)c3ccc(C(C)(C)C)cc3)c2O)c(F)c1F.C=CCOc1c(F)c(F)c(N=Cc2cc(C(C)(C)c3ccccc3)cc(C(C)c3ccc(C(C)(C)C)cc3)c2O)c(F)c1F.[Cl][Ti][Cl]. The first kappa shape index (κ1) is 72.6. The number of phenolic OH excluding ortho intramolecular Hbond substituents is 2. The van der Waals surface area contributed by atoms with Crippen LogP contribution < -0.4 is 9.47 Å². The summed E-state index contributed by atoms with van der Waals surface area (Å²) in [5, 5.41) is 23.0. The number of hydrogen-bond acceptors (Lipinski definition) is 6. The molecular weight excluding hydrogens is 1250 g/mol. The van der Waals surface area contributed by atoms with Gasteiger partial charge in [0.1, 0.15) is 36.1 Å². The number of phenols is 2. The average molecular weight is 1330 g/mol. The standard InChI is InChI=1S/2C37H37F4NO2.2ClH.Ti/c2*1-8-18-44-35-31(40)29(38)33(30(39)32(35)41)42-21-24-19-27(37(6,7)26-12-10-9-11-13-26)20-28(34(24)43)22(2)23-14-16-25(17-15-23)36(3,4)5;;;/h2*8-17,19-22,43H,1,18H2,2-7H3;2*1H;/q;;;;+2/p-2. The van der Waals surface area contributed by atoms with Crippen LogP contribution in [0.5, 0.6) is 23.0 Å². The third-order valence-corrected chi connectivity index (χ3v) is 16.0. The van der Waals surface area contributed by atoms with Crippen molar-refractivity contribution >= 4 is 42.4 Å². The van der Waals surface area contributed by atoms with Gasteiger partial charge in [-0.15, -0.1) is 0 Å². The van der Waals surface area contributed by atoms with Gasteiger partial charge >= 0.3 is 35.6 Å². The Bertz CT molecular complexity index is 3610. The average Bonchev–Trinajstić information content (AvgIpc) is 0.834. The van der Waals surface area contributed by atoms with Crippen LogP contribution in [0.4, 0.5) is 46.5 Å². The van der Waals surface area contributed by atoms with Crippen molar-refractivity contribution in [1.82, 2.24) is 0 Å². The molecule has 0 amide bonds. The molecule has 478 valence electrons. The van der Waals surface area contributed by atoms with Crippen molar-refractivity contribution in [2.45, 2.75) is 117 Å². The van der Waals surface area contributed by atoms with E-state index in [1.807, 2.05) is 139 Å². The molecule has 6 nitrogen and oxygen atoms in total. The summed E-state index contributed by atoms with van der Waals surface area (Å²) in [4.78, 5) is 7.59. The fourth-order valence-corrected chi connectivity index (χ4v) is 10.1. The number of benzene rings is 8. The second-order valence-corrected chi connectivity index (χ2v) is 27.4. The van der Waals surface area contributed by atoms with Gasteiger partial charge in [-0.25, -0.2) is 27.5 Å². The number of ether oxygens (including phenoxy) is 2. The number of aliphatic imine (C=N–C) groups is 2. The van der Waals surface area contributed by atoms with Crippen LogP contribution in [0.1, 0.15) is 162 Å². The van der Waals surface area contributed by atoms with Gasteiger partial charge in [-0.1, -0.05) is 230 Å². The van der Waals surface area contributed by atoms with Gasteiger partial charge in [-0.3, -0.25) is 0 Å². The minimum atomic E-state index is -1.72. The number of halogens is 10. The number of hydrogen-bond donors (Lipinski definition) is 2. The summed E-state index contributed by atoms with van der Waals surface area (Å²) in [5.74, 6) is -17.0. The molecule has 8 aromatic carbocycles. The molecule has 0 saturated carbocycles. The Kier molecular flexibility index (Phi) is 24.5. The minimum absolute atomic E-state index is 0.0351. The molecule has 2 atom stereocenters. The van der Waals surface area contributed by atoms with Crippen molar-refractivity contribution in [2.24, 2.45) is 9.98 Å². The number of rotatable bonds is 18. The zero-order valence-corrected chi connectivity index (χ0v) is 56.0. The zero-order chi connectivity index (χ0) is 67.5. The van der Waals surface area contributed by atoms with E-state index in [2.05, 4.69) is 89.0 Å². The summed E-state index contributed by atoms with van der Waals surface area (Å²) in [5.41, 5.74) is 5.65. The maximum absolute atomic E-state index is 14.9. The second-order valence-electron chi connectivity index (χ2n) is 24.8. The number of nitrogens with zero attached hydrogens (tertiary/aromatic N) is 2. The molecule has 0 aromatic heterocycles. The fourth-order valence-electron chi connectivity index (χ4n) is 10.1. The van der Waals surface area contributed by atoms with E-state index in [4.69, 9.17) is 28.1 Å². The van der Waals surface area contributed by atoms with Crippen LogP contribution in [0, 0.1) is 46.5 Å². The van der Waals surface area contributed by atoms with Crippen LogP contribution in [-0.2, 0) is 38.7 Å². The van der Waals surface area contributed by atoms with Gasteiger partial charge in [0.2, 0.25) is 23.3 Å². The summed E-state index contributed by atoms with van der Waals surface area (Å²) in [6.07, 6.45) is 4.41. The molecular formula is C74H74Cl2F8N2O4Ti. The molecule has 8 rings (SSSR count). The molecule has 2 N–H and O–H groups in total. The Hall–Kier alpha value is -7.49. The van der Waals surface area contributed by atoms with Gasteiger partial charge in [-0.05, 0) is 67.5 Å². The van der Waals surface area contributed by atoms with Crippen molar-refractivity contribution in [2.75, 3.05) is 13.2 Å². The summed E-state index contributed by atoms with van der Waals surface area (Å²) >= 11 is -0.556. The Labute approximate surface area is 545 Å². The summed E-state index contributed by atoms with van der Waals surface area (Å²) in [7, 11) is 9.78. The van der Waals surface area contributed by atoms with E-state index in [-0.39, 0.29) is 58.5 Å². The Morgan fingerprint density at radius 1 is 0.440 bits per heavy atom. The third-order valence-electron chi connectivity index (χ3n) is 16.0. The molecule has 2 unspecified atom stereocenters. The van der Waals surface area contributed by atoms with Crippen LogP contribution in [0.3, 0.4) is 0 Å². The van der Waals surface area contributed by atoms with Crippen LogP contribution in [-0.4, -0.2) is 35.9 Å². The molecule has 0 bridgehead atoms. The van der Waals surface area contributed by atoms with E-state index in [1.54, 1.807) is 12.1 Å². The van der Waals surface area contributed by atoms with Crippen LogP contribution >= 0.6 is 18.6 Å². The quantitative estimate of drug-likeness (QED) is 0.0295. The van der Waals surface area contributed by atoms with E-state index < -0.39 is 97.3 Å². The Morgan fingerprint density at radius 2 is 0.725 bits per heavy atom. The van der Waals surface area contributed by atoms with Crippen molar-refractivity contribution in [3.05, 3.63) is 272 Å². The molecule has 0 aliphatic carbocycles. The monoisotopic (exact) mass is 1320 g/mol. The van der Waals surface area contributed by atoms with Crippen LogP contribution in [0.25, 0.3) is 0 Å². The Balaban J connectivity index is 0.000000277. The molecule has 0 spiro atoms. The Morgan fingerprint density at radius 3 is 0.989 bits per heavy atom. The molecule has 8 aromatic rings. The normalized spacial score (nSPS) is 12.6. The number of aromatic hydroxyl groups is 2. The van der Waals surface area contributed by atoms with Crippen molar-refractivity contribution in [3.8, 4) is 23.0 Å². The van der Waals surface area contributed by atoms with Gasteiger partial charge < -0.3 is 19.7 Å². The first-order valence-electron chi connectivity index (χ1n) is 29.1. The summed E-state index contributed by atoms with van der Waals surface area (Å²) < 4.78 is 128. The molecule has 0 heterocycles. The molecule has 0 aliphatic heterocycles. The molecule has 17 heteroatoms. The van der Waals surface area contributed by atoms with Crippen molar-refractivity contribution in [1.29, 1.82) is 0 Å². The molecule has 0 fully saturated rings. The van der Waals surface area contributed by atoms with Gasteiger partial charge in [0, 0.05) is 57.3 Å². The van der Waals surface area contributed by atoms with Crippen molar-refractivity contribution in [3.63, 3.8) is 0 Å². The van der Waals surface area contributed by atoms with Crippen LogP contribution in [0.2, 0.25) is 0 Å². The van der Waals surface area contributed by atoms with Gasteiger partial charge in [0.25, 0.3) is 0 Å². The van der Waals surface area contributed by atoms with E-state index in [0.29, 0.717) is 11.1 Å². The van der Waals surface area contributed by atoms with Crippen LogP contribution in [0.15, 0.2) is 169 Å². The predicted molar refractivity (Wildman–Crippen MR) is 349 cm³/mol. The van der Waals surface area contributed by atoms with E-state index in [1.165, 1.54) is 12.2 Å². The molecule has 0 saturated heterocycles. The summed E-state index contributed by atoms with van der Waals surface area (Å²) in [6, 6.07) is 42.9. The first-order valence-corrected chi connectivity index (χ1v) is 33.4. The van der Waals surface area contributed by atoms with E-state index >= 15 is 0 Å². The molecule has 0 aliphatic rings. The fraction of sp³-hybridized carbons (Fsp3) is 0.270. The topological polar surface area (TPSA) is 83.6 Å². The third kappa shape index (κ3) is 16.8. The maximum atomic E-state index is 14.9. The van der Waals surface area contributed by atoms with E-state index in [9.17, 15) is 45.3 Å². The second kappa shape index (κ2) is 30.8. The van der Waals surface area contributed by atoms with Crippen molar-refractivity contribution < 1.29 is 71.8 Å². The van der Waals surface area contributed by atoms with Gasteiger partial charge in [0.05, 0.1) is 0 Å². The molecule has 0 radical (unpaired) electrons. The molecule has 91 heavy (non-hydrogen) atoms. The van der Waals surface area contributed by atoms with E-state index in [0.717, 1.165) is 56.9 Å².